The summed E-state index contributed by atoms with van der Waals surface area (Å²) in [6, 6.07) is 8.90. The van der Waals surface area contributed by atoms with Gasteiger partial charge in [-0.3, -0.25) is 14.7 Å². The molecule has 0 spiro atoms. The number of hydrogen-bond acceptors (Lipinski definition) is 5. The molecule has 3 aromatic rings. The summed E-state index contributed by atoms with van der Waals surface area (Å²) in [5.41, 5.74) is 3.82. The van der Waals surface area contributed by atoms with Crippen LogP contribution in [0.2, 0.25) is 0 Å². The lowest BCUT2D eigenvalue weighted by atomic mass is 10.1. The number of fused-ring (bicyclic) bond motifs is 2. The van der Waals surface area contributed by atoms with E-state index >= 15 is 0 Å². The van der Waals surface area contributed by atoms with Crippen LogP contribution in [0.1, 0.15) is 45.4 Å². The number of carbonyl (C=O) groups is 2. The van der Waals surface area contributed by atoms with Crippen LogP contribution < -0.4 is 16.0 Å². The van der Waals surface area contributed by atoms with E-state index in [0.717, 1.165) is 40.9 Å². The minimum absolute atomic E-state index is 0.173. The summed E-state index contributed by atoms with van der Waals surface area (Å²) in [5.74, 6) is 0.362. The monoisotopic (exact) mass is 392 g/mol. The number of anilines is 1. The number of rotatable bonds is 6. The molecular formula is C21H24N6O2. The van der Waals surface area contributed by atoms with Crippen molar-refractivity contribution in [2.45, 2.75) is 32.7 Å². The molecule has 1 aliphatic rings. The second-order valence-electron chi connectivity index (χ2n) is 7.25. The number of aromatic amines is 1. The molecule has 1 aliphatic heterocycles. The molecule has 1 aromatic carbocycles. The zero-order chi connectivity index (χ0) is 20.4. The van der Waals surface area contributed by atoms with Gasteiger partial charge in [-0.2, -0.15) is 5.10 Å². The summed E-state index contributed by atoms with van der Waals surface area (Å²) >= 11 is 0. The molecule has 4 N–H and O–H groups in total. The third-order valence-electron chi connectivity index (χ3n) is 5.24. The van der Waals surface area contributed by atoms with Gasteiger partial charge in [0.25, 0.3) is 11.8 Å². The first-order valence-corrected chi connectivity index (χ1v) is 9.82. The van der Waals surface area contributed by atoms with Gasteiger partial charge in [0.1, 0.15) is 11.5 Å². The van der Waals surface area contributed by atoms with Crippen LogP contribution in [-0.4, -0.2) is 46.1 Å². The van der Waals surface area contributed by atoms with Crippen LogP contribution in [0, 0.1) is 6.92 Å². The van der Waals surface area contributed by atoms with Gasteiger partial charge in [-0.15, -0.1) is 0 Å². The quantitative estimate of drug-likeness (QED) is 0.514. The van der Waals surface area contributed by atoms with E-state index in [-0.39, 0.29) is 17.9 Å². The first kappa shape index (κ1) is 18.9. The average Bonchev–Trinajstić information content (AvgIpc) is 3.36. The molecule has 8 heteroatoms. The molecule has 0 saturated carbocycles. The van der Waals surface area contributed by atoms with Crippen LogP contribution in [-0.2, 0) is 6.42 Å². The summed E-state index contributed by atoms with van der Waals surface area (Å²) in [4.78, 5) is 29.5. The zero-order valence-corrected chi connectivity index (χ0v) is 16.5. The molecule has 1 atom stereocenters. The third-order valence-corrected chi connectivity index (χ3v) is 5.24. The van der Waals surface area contributed by atoms with Gasteiger partial charge < -0.3 is 16.0 Å². The Kier molecular flexibility index (Phi) is 5.16. The minimum Gasteiger partial charge on any atom is -0.369 e. The van der Waals surface area contributed by atoms with E-state index in [2.05, 4.69) is 31.1 Å². The summed E-state index contributed by atoms with van der Waals surface area (Å²) in [6.45, 7) is 5.07. The Morgan fingerprint density at radius 1 is 1.21 bits per heavy atom. The minimum atomic E-state index is -0.246. The highest BCUT2D eigenvalue weighted by Crippen LogP contribution is 2.19. The number of aromatic nitrogens is 3. The maximum atomic E-state index is 12.7. The molecule has 0 aliphatic carbocycles. The predicted molar refractivity (Wildman–Crippen MR) is 111 cm³/mol. The third kappa shape index (κ3) is 3.91. The van der Waals surface area contributed by atoms with E-state index in [1.165, 1.54) is 0 Å². The second-order valence-corrected chi connectivity index (χ2v) is 7.25. The Hall–Kier alpha value is -3.42. The van der Waals surface area contributed by atoms with Crippen molar-refractivity contribution in [1.82, 2.24) is 25.8 Å². The number of carbonyl (C=O) groups excluding carboxylic acids is 2. The fourth-order valence-electron chi connectivity index (χ4n) is 3.44. The fraction of sp³-hybridized carbons (Fsp3) is 0.333. The molecule has 2 amide bonds. The molecule has 0 fully saturated rings. The van der Waals surface area contributed by atoms with E-state index in [1.54, 1.807) is 12.1 Å². The molecule has 2 aromatic heterocycles. The highest BCUT2D eigenvalue weighted by atomic mass is 16.2. The molecule has 29 heavy (non-hydrogen) atoms. The van der Waals surface area contributed by atoms with Crippen LogP contribution in [0.5, 0.6) is 0 Å². The maximum absolute atomic E-state index is 12.7. The Balaban J connectivity index is 1.37. The van der Waals surface area contributed by atoms with Crippen molar-refractivity contribution < 1.29 is 9.59 Å². The average molecular weight is 392 g/mol. The molecule has 3 heterocycles. The molecule has 0 saturated heterocycles. The first-order chi connectivity index (χ1) is 14.0. The Morgan fingerprint density at radius 2 is 2.07 bits per heavy atom. The second kappa shape index (κ2) is 7.90. The van der Waals surface area contributed by atoms with Crippen LogP contribution in [0.25, 0.3) is 10.9 Å². The molecular weight excluding hydrogens is 368 g/mol. The predicted octanol–water partition coefficient (Wildman–Crippen LogP) is 2.17. The number of aryl methyl sites for hydroxylation is 1. The van der Waals surface area contributed by atoms with E-state index in [4.69, 9.17) is 0 Å². The number of benzene rings is 1. The number of nitrogens with one attached hydrogen (secondary N) is 4. The van der Waals surface area contributed by atoms with Crippen molar-refractivity contribution in [2.24, 2.45) is 0 Å². The fourth-order valence-corrected chi connectivity index (χ4v) is 3.44. The van der Waals surface area contributed by atoms with Crippen molar-refractivity contribution in [3.05, 3.63) is 52.8 Å². The van der Waals surface area contributed by atoms with Gasteiger partial charge in [-0.25, -0.2) is 4.98 Å². The highest BCUT2D eigenvalue weighted by molar-refractivity contribution is 5.98. The van der Waals surface area contributed by atoms with E-state index in [9.17, 15) is 9.59 Å². The molecule has 0 bridgehead atoms. The van der Waals surface area contributed by atoms with Crippen molar-refractivity contribution in [3.63, 3.8) is 0 Å². The van der Waals surface area contributed by atoms with Crippen molar-refractivity contribution >= 4 is 28.5 Å². The van der Waals surface area contributed by atoms with E-state index in [0.29, 0.717) is 24.2 Å². The highest BCUT2D eigenvalue weighted by Gasteiger charge is 2.18. The number of amides is 2. The van der Waals surface area contributed by atoms with Gasteiger partial charge in [0.05, 0.1) is 5.52 Å². The summed E-state index contributed by atoms with van der Waals surface area (Å²) in [7, 11) is 0. The molecule has 8 nitrogen and oxygen atoms in total. The van der Waals surface area contributed by atoms with Crippen molar-refractivity contribution in [2.75, 3.05) is 18.4 Å². The van der Waals surface area contributed by atoms with Crippen LogP contribution >= 0.6 is 0 Å². The van der Waals surface area contributed by atoms with Crippen LogP contribution in [0.15, 0.2) is 30.3 Å². The summed E-state index contributed by atoms with van der Waals surface area (Å²) < 4.78 is 0. The summed E-state index contributed by atoms with van der Waals surface area (Å²) in [5, 5.41) is 17.1. The van der Waals surface area contributed by atoms with Crippen LogP contribution in [0.4, 0.5) is 5.82 Å². The Bertz CT molecular complexity index is 1070. The van der Waals surface area contributed by atoms with E-state index in [1.807, 2.05) is 32.0 Å². The number of H-pyrrole nitrogens is 1. The smallest absolute Gasteiger partial charge is 0.270 e. The maximum Gasteiger partial charge on any atom is 0.270 e. The number of hydrogen-bond donors (Lipinski definition) is 4. The van der Waals surface area contributed by atoms with E-state index < -0.39 is 0 Å². The SMILES string of the molecule is CCC(CNC(=O)c1ccc2c(n1)NCC2)NC(=O)c1ccc2n[nH]c(C)c2c1. The topological polar surface area (TPSA) is 112 Å². The molecule has 150 valence electrons. The van der Waals surface area contributed by atoms with Gasteiger partial charge in [0, 0.05) is 35.8 Å². The number of pyridine rings is 1. The van der Waals surface area contributed by atoms with Crippen molar-refractivity contribution in [3.8, 4) is 0 Å². The normalized spacial score (nSPS) is 13.6. The summed E-state index contributed by atoms with van der Waals surface area (Å²) in [6.07, 6.45) is 1.62. The molecule has 1 unspecified atom stereocenters. The molecule has 0 radical (unpaired) electrons. The lowest BCUT2D eigenvalue weighted by Gasteiger charge is -2.18. The lowest BCUT2D eigenvalue weighted by molar-refractivity contribution is 0.0906. The Labute approximate surface area is 168 Å². The van der Waals surface area contributed by atoms with Gasteiger partial charge in [-0.1, -0.05) is 13.0 Å². The standard InChI is InChI=1S/C21H24N6O2/c1-3-15(11-23-21(29)18-7-4-13-8-9-22-19(13)25-18)24-20(28)14-5-6-17-16(10-14)12(2)26-27-17/h4-7,10,15H,3,8-9,11H2,1-2H3,(H,22,25)(H,23,29)(H,24,28)(H,26,27). The largest absolute Gasteiger partial charge is 0.369 e. The van der Waals surface area contributed by atoms with Gasteiger partial charge >= 0.3 is 0 Å². The Morgan fingerprint density at radius 3 is 2.90 bits per heavy atom. The van der Waals surface area contributed by atoms with Gasteiger partial charge in [0.2, 0.25) is 0 Å². The van der Waals surface area contributed by atoms with Crippen molar-refractivity contribution in [1.29, 1.82) is 0 Å². The van der Waals surface area contributed by atoms with Gasteiger partial charge in [-0.05, 0) is 49.6 Å². The zero-order valence-electron chi connectivity index (χ0n) is 16.5. The van der Waals surface area contributed by atoms with Gasteiger partial charge in [0.15, 0.2) is 0 Å². The van der Waals surface area contributed by atoms with Crippen LogP contribution in [0.3, 0.4) is 0 Å². The number of nitrogens with zero attached hydrogens (tertiary/aromatic N) is 2. The molecule has 4 rings (SSSR count). The first-order valence-electron chi connectivity index (χ1n) is 9.82. The lowest BCUT2D eigenvalue weighted by Crippen LogP contribution is -2.43.